The third kappa shape index (κ3) is 8.24. The van der Waals surface area contributed by atoms with Crippen LogP contribution >= 0.6 is 11.6 Å². The maximum absolute atomic E-state index is 14.0. The number of nitrogens with zero attached hydrogens (tertiary/aromatic N) is 2. The largest absolute Gasteiger partial charge is 0.495 e. The van der Waals surface area contributed by atoms with Gasteiger partial charge in [-0.2, -0.15) is 0 Å². The van der Waals surface area contributed by atoms with Crippen molar-refractivity contribution >= 4 is 39.1 Å². The average Bonchev–Trinajstić information content (AvgIpc) is 2.96. The van der Waals surface area contributed by atoms with Gasteiger partial charge in [0.2, 0.25) is 11.8 Å². The van der Waals surface area contributed by atoms with E-state index in [4.69, 9.17) is 16.3 Å². The highest BCUT2D eigenvalue weighted by Gasteiger charge is 2.33. The normalized spacial score (nSPS) is 12.7. The van der Waals surface area contributed by atoms with Crippen molar-refractivity contribution in [3.63, 3.8) is 0 Å². The van der Waals surface area contributed by atoms with Crippen molar-refractivity contribution in [3.8, 4) is 5.75 Å². The first-order valence-corrected chi connectivity index (χ1v) is 15.4. The number of nitrogens with one attached hydrogen (secondary N) is 1. The fourth-order valence-electron chi connectivity index (χ4n) is 4.21. The number of carbonyl (C=O) groups excluding carboxylic acids is 2. The predicted octanol–water partition coefficient (Wildman–Crippen LogP) is 5.23. The van der Waals surface area contributed by atoms with Crippen molar-refractivity contribution in [1.29, 1.82) is 0 Å². The Morgan fingerprint density at radius 1 is 1.00 bits per heavy atom. The molecular formula is C31H38ClN3O5S. The Morgan fingerprint density at radius 2 is 1.66 bits per heavy atom. The number of carbonyl (C=O) groups is 2. The number of anilines is 1. The SMILES string of the molecule is CC[C@H](C)NC(=O)[C@H](C)N(CCc1ccccc1)C(=O)CN(c1ccc(OC)c(Cl)c1)S(=O)(=O)c1ccc(C)cc1. The van der Waals surface area contributed by atoms with Crippen LogP contribution in [0.15, 0.2) is 77.7 Å². The zero-order valence-electron chi connectivity index (χ0n) is 24.1. The van der Waals surface area contributed by atoms with Gasteiger partial charge in [0.25, 0.3) is 10.0 Å². The highest BCUT2D eigenvalue weighted by molar-refractivity contribution is 7.92. The minimum atomic E-state index is -4.19. The Morgan fingerprint density at radius 3 is 2.24 bits per heavy atom. The highest BCUT2D eigenvalue weighted by atomic mass is 35.5. The van der Waals surface area contributed by atoms with Crippen LogP contribution in [0.1, 0.15) is 38.3 Å². The molecule has 3 rings (SSSR count). The standard InChI is InChI=1S/C31H38ClN3O5S/c1-6-23(3)33-31(37)24(4)34(19-18-25-10-8-7-9-11-25)30(36)21-35(26-14-17-29(40-5)28(32)20-26)41(38,39)27-15-12-22(2)13-16-27/h7-17,20,23-24H,6,18-19,21H2,1-5H3,(H,33,37)/t23-,24-/m0/s1. The Bertz CT molecular complexity index is 1430. The molecule has 0 aromatic heterocycles. The van der Waals surface area contributed by atoms with Gasteiger partial charge in [-0.3, -0.25) is 13.9 Å². The number of benzene rings is 3. The molecule has 0 saturated carbocycles. The van der Waals surface area contributed by atoms with E-state index in [0.717, 1.165) is 21.9 Å². The van der Waals surface area contributed by atoms with E-state index in [-0.39, 0.29) is 34.1 Å². The van der Waals surface area contributed by atoms with Crippen LogP contribution in [0.2, 0.25) is 5.02 Å². The molecule has 0 aliphatic rings. The van der Waals surface area contributed by atoms with Crippen LogP contribution in [0, 0.1) is 6.92 Å². The summed E-state index contributed by atoms with van der Waals surface area (Å²) in [6, 6.07) is 19.6. The average molecular weight is 600 g/mol. The quantitative estimate of drug-likeness (QED) is 0.290. The summed E-state index contributed by atoms with van der Waals surface area (Å²) >= 11 is 6.37. The summed E-state index contributed by atoms with van der Waals surface area (Å²) in [5.74, 6) is -0.453. The molecule has 8 nitrogen and oxygen atoms in total. The first kappa shape index (κ1) is 32.0. The molecule has 0 saturated heterocycles. The fraction of sp³-hybridized carbons (Fsp3) is 0.355. The summed E-state index contributed by atoms with van der Waals surface area (Å²) in [6.45, 7) is 7.06. The first-order chi connectivity index (χ1) is 19.5. The van der Waals surface area contributed by atoms with Crippen molar-refractivity contribution in [3.05, 3.63) is 88.9 Å². The summed E-state index contributed by atoms with van der Waals surface area (Å²) in [5.41, 5.74) is 2.09. The van der Waals surface area contributed by atoms with Gasteiger partial charge in [-0.1, -0.05) is 66.6 Å². The number of rotatable bonds is 13. The van der Waals surface area contributed by atoms with E-state index in [1.807, 2.05) is 51.1 Å². The lowest BCUT2D eigenvalue weighted by Crippen LogP contribution is -2.53. The number of hydrogen-bond acceptors (Lipinski definition) is 5. The van der Waals surface area contributed by atoms with Crippen LogP contribution in [0.3, 0.4) is 0 Å². The van der Waals surface area contributed by atoms with Gasteiger partial charge in [0.05, 0.1) is 22.7 Å². The number of sulfonamides is 1. The monoisotopic (exact) mass is 599 g/mol. The topological polar surface area (TPSA) is 96.0 Å². The summed E-state index contributed by atoms with van der Waals surface area (Å²) in [5, 5.41) is 3.13. The lowest BCUT2D eigenvalue weighted by Gasteiger charge is -2.32. The van der Waals surface area contributed by atoms with Crippen molar-refractivity contribution in [2.75, 3.05) is 24.5 Å². The summed E-state index contributed by atoms with van der Waals surface area (Å²) in [4.78, 5) is 28.6. The molecule has 3 aromatic carbocycles. The smallest absolute Gasteiger partial charge is 0.264 e. The Balaban J connectivity index is 2.01. The molecule has 41 heavy (non-hydrogen) atoms. The maximum Gasteiger partial charge on any atom is 0.264 e. The maximum atomic E-state index is 14.0. The van der Waals surface area contributed by atoms with Crippen molar-refractivity contribution in [2.45, 2.75) is 57.5 Å². The Hall–Kier alpha value is -3.56. The second kappa shape index (κ2) is 14.4. The fourth-order valence-corrected chi connectivity index (χ4v) is 5.87. The molecule has 220 valence electrons. The van der Waals surface area contributed by atoms with Gasteiger partial charge in [0.15, 0.2) is 0 Å². The molecule has 1 N–H and O–H groups in total. The zero-order valence-corrected chi connectivity index (χ0v) is 25.7. The summed E-state index contributed by atoms with van der Waals surface area (Å²) < 4.78 is 34.1. The second-order valence-electron chi connectivity index (χ2n) is 9.96. The van der Waals surface area contributed by atoms with Crippen molar-refractivity contribution < 1.29 is 22.7 Å². The van der Waals surface area contributed by atoms with Gasteiger partial charge in [0, 0.05) is 12.6 Å². The molecular weight excluding hydrogens is 562 g/mol. The van der Waals surface area contributed by atoms with Gasteiger partial charge in [-0.25, -0.2) is 8.42 Å². The minimum absolute atomic E-state index is 0.0289. The zero-order chi connectivity index (χ0) is 30.2. The van der Waals surface area contributed by atoms with Gasteiger partial charge in [-0.05, 0) is 69.5 Å². The van der Waals surface area contributed by atoms with Gasteiger partial charge >= 0.3 is 0 Å². The van der Waals surface area contributed by atoms with Crippen molar-refractivity contribution in [1.82, 2.24) is 10.2 Å². The third-order valence-electron chi connectivity index (χ3n) is 6.96. The van der Waals surface area contributed by atoms with Crippen LogP contribution in [-0.4, -0.2) is 57.4 Å². The molecule has 10 heteroatoms. The Kier molecular flexibility index (Phi) is 11.2. The van der Waals surface area contributed by atoms with Crippen LogP contribution in [0.4, 0.5) is 5.69 Å². The van der Waals surface area contributed by atoms with Gasteiger partial charge in [-0.15, -0.1) is 0 Å². The van der Waals surface area contributed by atoms with Crippen LogP contribution < -0.4 is 14.4 Å². The Labute approximate surface area is 248 Å². The molecule has 0 unspecified atom stereocenters. The molecule has 0 aliphatic heterocycles. The number of methoxy groups -OCH3 is 1. The highest BCUT2D eigenvalue weighted by Crippen LogP contribution is 2.32. The number of halogens is 1. The second-order valence-corrected chi connectivity index (χ2v) is 12.2. The third-order valence-corrected chi connectivity index (χ3v) is 9.05. The molecule has 0 radical (unpaired) electrons. The number of hydrogen-bond donors (Lipinski definition) is 1. The minimum Gasteiger partial charge on any atom is -0.495 e. The van der Waals surface area contributed by atoms with E-state index in [9.17, 15) is 18.0 Å². The van der Waals surface area contributed by atoms with E-state index < -0.39 is 28.5 Å². The lowest BCUT2D eigenvalue weighted by molar-refractivity contribution is -0.139. The molecule has 2 amide bonds. The van der Waals surface area contributed by atoms with Gasteiger partial charge < -0.3 is 15.0 Å². The molecule has 0 heterocycles. The van der Waals surface area contributed by atoms with Crippen molar-refractivity contribution in [2.24, 2.45) is 0 Å². The number of ether oxygens (including phenoxy) is 1. The molecule has 0 bridgehead atoms. The van der Waals surface area contributed by atoms with E-state index in [0.29, 0.717) is 12.2 Å². The number of amides is 2. The molecule has 3 aromatic rings. The summed E-state index contributed by atoms with van der Waals surface area (Å²) in [7, 11) is -2.73. The van der Waals surface area contributed by atoms with E-state index in [1.54, 1.807) is 25.1 Å². The van der Waals surface area contributed by atoms with Crippen LogP contribution in [-0.2, 0) is 26.0 Å². The molecule has 2 atom stereocenters. The van der Waals surface area contributed by atoms with Crippen LogP contribution in [0.5, 0.6) is 5.75 Å². The van der Waals surface area contributed by atoms with E-state index in [2.05, 4.69) is 5.32 Å². The molecule has 0 spiro atoms. The predicted molar refractivity (Wildman–Crippen MR) is 163 cm³/mol. The van der Waals surface area contributed by atoms with E-state index in [1.165, 1.54) is 36.3 Å². The van der Waals surface area contributed by atoms with E-state index >= 15 is 0 Å². The van der Waals surface area contributed by atoms with Gasteiger partial charge in [0.1, 0.15) is 18.3 Å². The number of aryl methyl sites for hydroxylation is 1. The first-order valence-electron chi connectivity index (χ1n) is 13.5. The molecule has 0 fully saturated rings. The summed E-state index contributed by atoms with van der Waals surface area (Å²) in [6.07, 6.45) is 1.23. The van der Waals surface area contributed by atoms with Crippen LogP contribution in [0.25, 0.3) is 0 Å². The lowest BCUT2D eigenvalue weighted by atomic mass is 10.1. The molecule has 0 aliphatic carbocycles.